The fraction of sp³-hybridized carbons (Fsp3) is 0.286. The van der Waals surface area contributed by atoms with Crippen LogP contribution in [0.4, 0.5) is 0 Å². The molecule has 1 aromatic carbocycles. The Morgan fingerprint density at radius 2 is 1.89 bits per heavy atom. The highest BCUT2D eigenvalue weighted by molar-refractivity contribution is 9.10. The first-order valence-corrected chi connectivity index (χ1v) is 7.14. The molecule has 1 N–H and O–H groups in total. The molecule has 0 spiro atoms. The Labute approximate surface area is 119 Å². The molecule has 5 heteroatoms. The number of nitrogens with zero attached hydrogens (tertiary/aromatic N) is 2. The minimum absolute atomic E-state index is 0.0494. The van der Waals surface area contributed by atoms with Crippen molar-refractivity contribution >= 4 is 21.8 Å². The molecule has 0 atom stereocenters. The Balaban J connectivity index is 1.82. The molecule has 98 valence electrons. The first-order valence-electron chi connectivity index (χ1n) is 6.35. The number of amides is 1. The van der Waals surface area contributed by atoms with Gasteiger partial charge in [0.2, 0.25) is 0 Å². The maximum absolute atomic E-state index is 12.2. The number of halogens is 1. The largest absolute Gasteiger partial charge is 0.337 e. The first kappa shape index (κ1) is 12.4. The van der Waals surface area contributed by atoms with Crippen molar-refractivity contribution in [1.29, 1.82) is 0 Å². The summed E-state index contributed by atoms with van der Waals surface area (Å²) in [6, 6.07) is 9.70. The van der Waals surface area contributed by atoms with Gasteiger partial charge in [-0.15, -0.1) is 0 Å². The van der Waals surface area contributed by atoms with E-state index in [2.05, 4.69) is 26.1 Å². The van der Waals surface area contributed by atoms with Gasteiger partial charge in [-0.3, -0.25) is 9.89 Å². The number of carbonyl (C=O) groups excluding carboxylic acids is 1. The van der Waals surface area contributed by atoms with Crippen LogP contribution in [-0.4, -0.2) is 34.1 Å². The summed E-state index contributed by atoms with van der Waals surface area (Å²) in [5.41, 5.74) is 2.37. The number of hydrogen-bond acceptors (Lipinski definition) is 2. The van der Waals surface area contributed by atoms with Crippen LogP contribution in [0.2, 0.25) is 0 Å². The standard InChI is InChI=1S/C14H14BrN3O/c15-11-5-3-10(4-6-11)12-9-13(17-16-12)14(19)18-7-1-2-8-18/h3-6,9H,1-2,7-8H2,(H,16,17). The molecule has 1 amide bonds. The summed E-state index contributed by atoms with van der Waals surface area (Å²) in [7, 11) is 0. The lowest BCUT2D eigenvalue weighted by atomic mass is 10.1. The van der Waals surface area contributed by atoms with Crippen molar-refractivity contribution in [2.75, 3.05) is 13.1 Å². The van der Waals surface area contributed by atoms with Crippen molar-refractivity contribution in [2.24, 2.45) is 0 Å². The van der Waals surface area contributed by atoms with E-state index in [-0.39, 0.29) is 5.91 Å². The zero-order valence-corrected chi connectivity index (χ0v) is 12.0. The molecule has 1 aromatic heterocycles. The second kappa shape index (κ2) is 5.17. The van der Waals surface area contributed by atoms with Gasteiger partial charge in [-0.2, -0.15) is 5.10 Å². The van der Waals surface area contributed by atoms with Crippen molar-refractivity contribution in [3.8, 4) is 11.3 Å². The molecule has 1 fully saturated rings. The monoisotopic (exact) mass is 319 g/mol. The highest BCUT2D eigenvalue weighted by Gasteiger charge is 2.21. The van der Waals surface area contributed by atoms with E-state index in [1.54, 1.807) is 0 Å². The van der Waals surface area contributed by atoms with Crippen LogP contribution in [0.15, 0.2) is 34.8 Å². The Morgan fingerprint density at radius 3 is 2.58 bits per heavy atom. The molecule has 1 aliphatic rings. The van der Waals surface area contributed by atoms with E-state index >= 15 is 0 Å². The molecule has 2 aromatic rings. The molecule has 0 saturated carbocycles. The minimum Gasteiger partial charge on any atom is -0.337 e. The topological polar surface area (TPSA) is 49.0 Å². The zero-order chi connectivity index (χ0) is 13.2. The van der Waals surface area contributed by atoms with Crippen LogP contribution in [0.5, 0.6) is 0 Å². The van der Waals surface area contributed by atoms with E-state index in [1.165, 1.54) is 0 Å². The van der Waals surface area contributed by atoms with Crippen molar-refractivity contribution in [2.45, 2.75) is 12.8 Å². The van der Waals surface area contributed by atoms with Crippen LogP contribution in [0.3, 0.4) is 0 Å². The molecule has 4 nitrogen and oxygen atoms in total. The fourth-order valence-electron chi connectivity index (χ4n) is 2.29. The van der Waals surface area contributed by atoms with E-state index in [9.17, 15) is 4.79 Å². The lowest BCUT2D eigenvalue weighted by Gasteiger charge is -2.12. The van der Waals surface area contributed by atoms with E-state index in [4.69, 9.17) is 0 Å². The molecular weight excluding hydrogens is 306 g/mol. The van der Waals surface area contributed by atoms with Gasteiger partial charge in [-0.25, -0.2) is 0 Å². The van der Waals surface area contributed by atoms with Crippen LogP contribution in [-0.2, 0) is 0 Å². The van der Waals surface area contributed by atoms with Gasteiger partial charge >= 0.3 is 0 Å². The Kier molecular flexibility index (Phi) is 3.38. The van der Waals surface area contributed by atoms with Gasteiger partial charge in [0.25, 0.3) is 5.91 Å². The molecule has 0 unspecified atom stereocenters. The number of H-pyrrole nitrogens is 1. The van der Waals surface area contributed by atoms with Crippen molar-refractivity contribution < 1.29 is 4.79 Å². The van der Waals surface area contributed by atoms with Crippen molar-refractivity contribution in [1.82, 2.24) is 15.1 Å². The van der Waals surface area contributed by atoms with Crippen LogP contribution in [0.25, 0.3) is 11.3 Å². The van der Waals surface area contributed by atoms with Gasteiger partial charge in [0.05, 0.1) is 5.69 Å². The summed E-state index contributed by atoms with van der Waals surface area (Å²) in [5.74, 6) is 0.0494. The van der Waals surface area contributed by atoms with Gasteiger partial charge in [0, 0.05) is 23.1 Å². The number of rotatable bonds is 2. The van der Waals surface area contributed by atoms with Gasteiger partial charge in [-0.05, 0) is 31.0 Å². The van der Waals surface area contributed by atoms with Gasteiger partial charge in [0.15, 0.2) is 0 Å². The summed E-state index contributed by atoms with van der Waals surface area (Å²) in [5, 5.41) is 7.06. The van der Waals surface area contributed by atoms with Crippen LogP contribution in [0.1, 0.15) is 23.3 Å². The molecule has 2 heterocycles. The molecule has 0 bridgehead atoms. The number of benzene rings is 1. The smallest absolute Gasteiger partial charge is 0.271 e. The number of likely N-dealkylation sites (tertiary alicyclic amines) is 1. The molecule has 19 heavy (non-hydrogen) atoms. The van der Waals surface area contributed by atoms with Crippen LogP contribution >= 0.6 is 15.9 Å². The second-order valence-corrected chi connectivity index (χ2v) is 5.59. The number of aromatic nitrogens is 2. The molecule has 1 aliphatic heterocycles. The van der Waals surface area contributed by atoms with Gasteiger partial charge < -0.3 is 4.90 Å². The predicted octanol–water partition coefficient (Wildman–Crippen LogP) is 3.08. The average molecular weight is 320 g/mol. The normalized spacial score (nSPS) is 14.9. The van der Waals surface area contributed by atoms with Crippen molar-refractivity contribution in [3.05, 3.63) is 40.5 Å². The fourth-order valence-corrected chi connectivity index (χ4v) is 2.55. The lowest BCUT2D eigenvalue weighted by molar-refractivity contribution is 0.0787. The average Bonchev–Trinajstić information content (AvgIpc) is 3.10. The summed E-state index contributed by atoms with van der Waals surface area (Å²) in [6.45, 7) is 1.71. The lowest BCUT2D eigenvalue weighted by Crippen LogP contribution is -2.27. The SMILES string of the molecule is O=C(c1cc(-c2ccc(Br)cc2)n[nH]1)N1CCCC1. The van der Waals surface area contributed by atoms with Crippen molar-refractivity contribution in [3.63, 3.8) is 0 Å². The quantitative estimate of drug-likeness (QED) is 0.924. The highest BCUT2D eigenvalue weighted by atomic mass is 79.9. The van der Waals surface area contributed by atoms with E-state index < -0.39 is 0 Å². The van der Waals surface area contributed by atoms with Gasteiger partial charge in [-0.1, -0.05) is 28.1 Å². The summed E-state index contributed by atoms with van der Waals surface area (Å²) in [4.78, 5) is 14.1. The van der Waals surface area contributed by atoms with E-state index in [0.29, 0.717) is 5.69 Å². The van der Waals surface area contributed by atoms with E-state index in [1.807, 2.05) is 35.2 Å². The van der Waals surface area contributed by atoms with E-state index in [0.717, 1.165) is 41.7 Å². The minimum atomic E-state index is 0.0494. The third kappa shape index (κ3) is 2.56. The molecule has 1 saturated heterocycles. The molecule has 0 aliphatic carbocycles. The molecule has 3 rings (SSSR count). The third-order valence-corrected chi connectivity index (χ3v) is 3.87. The first-order chi connectivity index (χ1) is 9.24. The van der Waals surface area contributed by atoms with Crippen LogP contribution < -0.4 is 0 Å². The molecular formula is C14H14BrN3O. The zero-order valence-electron chi connectivity index (χ0n) is 10.4. The van der Waals surface area contributed by atoms with Gasteiger partial charge in [0.1, 0.15) is 5.69 Å². The maximum Gasteiger partial charge on any atom is 0.271 e. The Morgan fingerprint density at radius 1 is 1.21 bits per heavy atom. The number of hydrogen-bond donors (Lipinski definition) is 1. The Bertz CT molecular complexity index is 585. The summed E-state index contributed by atoms with van der Waals surface area (Å²) >= 11 is 3.40. The highest BCUT2D eigenvalue weighted by Crippen LogP contribution is 2.21. The summed E-state index contributed by atoms with van der Waals surface area (Å²) in [6.07, 6.45) is 2.19. The number of aromatic amines is 1. The molecule has 0 radical (unpaired) electrons. The number of carbonyl (C=O) groups is 1. The van der Waals surface area contributed by atoms with Crippen LogP contribution in [0, 0.1) is 0 Å². The predicted molar refractivity (Wildman–Crippen MR) is 76.9 cm³/mol. The Hall–Kier alpha value is -1.62. The third-order valence-electron chi connectivity index (χ3n) is 3.34. The maximum atomic E-state index is 12.2. The second-order valence-electron chi connectivity index (χ2n) is 4.67. The summed E-state index contributed by atoms with van der Waals surface area (Å²) < 4.78 is 1.03. The number of nitrogens with one attached hydrogen (secondary N) is 1.